The normalized spacial score (nSPS) is 10.6. The van der Waals surface area contributed by atoms with Gasteiger partial charge in [-0.1, -0.05) is 5.21 Å². The number of nitrogens with one attached hydrogen (secondary N) is 1. The fourth-order valence-corrected chi connectivity index (χ4v) is 1.99. The summed E-state index contributed by atoms with van der Waals surface area (Å²) < 4.78 is 3.75. The topological polar surface area (TPSA) is 71.5 Å². The highest BCUT2D eigenvalue weighted by Crippen LogP contribution is 2.12. The Labute approximate surface area is 112 Å². The smallest absolute Gasteiger partial charge is 0.120 e. The second-order valence-electron chi connectivity index (χ2n) is 4.51. The summed E-state index contributed by atoms with van der Waals surface area (Å²) in [5, 5.41) is 20.0. The van der Waals surface area contributed by atoms with E-state index in [1.165, 1.54) is 5.56 Å². The van der Waals surface area contributed by atoms with Crippen molar-refractivity contribution in [1.82, 2.24) is 24.9 Å². The molecular weight excluding hydrogens is 240 g/mol. The first-order valence-corrected chi connectivity index (χ1v) is 6.32. The fraction of sp³-hybridized carbons (Fsp3) is 0.462. The van der Waals surface area contributed by atoms with E-state index in [4.69, 9.17) is 5.26 Å². The van der Waals surface area contributed by atoms with E-state index in [0.29, 0.717) is 5.69 Å². The highest BCUT2D eigenvalue weighted by molar-refractivity contribution is 5.33. The summed E-state index contributed by atoms with van der Waals surface area (Å²) in [6.45, 7) is 4.60. The minimum atomic E-state index is 0.705. The predicted octanol–water partition coefficient (Wildman–Crippen LogP) is 0.977. The Morgan fingerprint density at radius 3 is 2.95 bits per heavy atom. The van der Waals surface area contributed by atoms with Crippen LogP contribution in [0.4, 0.5) is 0 Å². The highest BCUT2D eigenvalue weighted by atomic mass is 15.4. The van der Waals surface area contributed by atoms with Gasteiger partial charge in [0.25, 0.3) is 0 Å². The Morgan fingerprint density at radius 2 is 2.32 bits per heavy atom. The average molecular weight is 258 g/mol. The Balaban J connectivity index is 1.75. The summed E-state index contributed by atoms with van der Waals surface area (Å²) in [4.78, 5) is 0. The van der Waals surface area contributed by atoms with E-state index in [2.05, 4.69) is 21.7 Å². The van der Waals surface area contributed by atoms with Crippen LogP contribution in [0.15, 0.2) is 18.5 Å². The molecule has 6 nitrogen and oxygen atoms in total. The number of nitriles is 1. The minimum Gasteiger partial charge on any atom is -0.340 e. The summed E-state index contributed by atoms with van der Waals surface area (Å²) >= 11 is 0. The monoisotopic (exact) mass is 258 g/mol. The van der Waals surface area contributed by atoms with Gasteiger partial charge >= 0.3 is 0 Å². The number of hydrogen-bond donors (Lipinski definition) is 1. The van der Waals surface area contributed by atoms with E-state index in [1.807, 2.05) is 35.5 Å². The van der Waals surface area contributed by atoms with Crippen LogP contribution in [0.3, 0.4) is 0 Å². The third kappa shape index (κ3) is 3.20. The van der Waals surface area contributed by atoms with Gasteiger partial charge in [0.1, 0.15) is 11.8 Å². The van der Waals surface area contributed by atoms with Gasteiger partial charge in [0.2, 0.25) is 0 Å². The molecule has 19 heavy (non-hydrogen) atoms. The van der Waals surface area contributed by atoms with E-state index < -0.39 is 0 Å². The molecule has 0 aliphatic heterocycles. The zero-order valence-corrected chi connectivity index (χ0v) is 11.3. The molecule has 100 valence electrons. The Hall–Kier alpha value is -2.13. The van der Waals surface area contributed by atoms with Crippen LogP contribution >= 0.6 is 0 Å². The van der Waals surface area contributed by atoms with Gasteiger partial charge in [0.15, 0.2) is 0 Å². The lowest BCUT2D eigenvalue weighted by atomic mass is 10.2. The molecule has 1 N–H and O–H groups in total. The van der Waals surface area contributed by atoms with Gasteiger partial charge in [0.05, 0.1) is 6.20 Å². The molecule has 0 aliphatic carbocycles. The lowest BCUT2D eigenvalue weighted by Crippen LogP contribution is -2.17. The lowest BCUT2D eigenvalue weighted by molar-refractivity contribution is 0.529. The van der Waals surface area contributed by atoms with Gasteiger partial charge in [-0.15, -0.1) is 5.10 Å². The van der Waals surface area contributed by atoms with Gasteiger partial charge in [-0.05, 0) is 31.5 Å². The Bertz CT molecular complexity index is 561. The van der Waals surface area contributed by atoms with Crippen LogP contribution < -0.4 is 5.32 Å². The number of hydrogen-bond acceptors (Lipinski definition) is 4. The summed E-state index contributed by atoms with van der Waals surface area (Å²) in [5.41, 5.74) is 3.03. The second kappa shape index (κ2) is 6.16. The maximum Gasteiger partial charge on any atom is 0.120 e. The van der Waals surface area contributed by atoms with Crippen molar-refractivity contribution in [2.24, 2.45) is 7.05 Å². The van der Waals surface area contributed by atoms with Gasteiger partial charge < -0.3 is 9.88 Å². The van der Waals surface area contributed by atoms with Crippen LogP contribution in [0, 0.1) is 18.3 Å². The molecule has 2 aromatic heterocycles. The molecule has 0 saturated carbocycles. The van der Waals surface area contributed by atoms with Crippen molar-refractivity contribution in [1.29, 1.82) is 5.26 Å². The Kier molecular flexibility index (Phi) is 4.31. The molecule has 0 aromatic carbocycles. The summed E-state index contributed by atoms with van der Waals surface area (Å²) in [5.74, 6) is 0. The molecule has 0 amide bonds. The molecule has 2 aromatic rings. The van der Waals surface area contributed by atoms with Crippen LogP contribution in [-0.4, -0.2) is 26.1 Å². The largest absolute Gasteiger partial charge is 0.340 e. The third-order valence-corrected chi connectivity index (χ3v) is 3.28. The van der Waals surface area contributed by atoms with Gasteiger partial charge in [-0.2, -0.15) is 5.26 Å². The van der Waals surface area contributed by atoms with Gasteiger partial charge in [0, 0.05) is 32.0 Å². The first-order valence-electron chi connectivity index (χ1n) is 6.32. The molecule has 0 atom stereocenters. The van der Waals surface area contributed by atoms with Crippen LogP contribution in [0.1, 0.15) is 23.4 Å². The standard InChI is InChI=1S/C13H18N6/c1-11-12(8-13(9-14)18(11)2)10-15-4-3-6-19-7-5-16-17-19/h5,7-8,15H,3-4,6,10H2,1-2H3. The molecule has 0 saturated heterocycles. The third-order valence-electron chi connectivity index (χ3n) is 3.28. The lowest BCUT2D eigenvalue weighted by Gasteiger charge is -2.05. The van der Waals surface area contributed by atoms with E-state index >= 15 is 0 Å². The van der Waals surface area contributed by atoms with Crippen molar-refractivity contribution >= 4 is 0 Å². The van der Waals surface area contributed by atoms with Crippen LogP contribution in [0.2, 0.25) is 0 Å². The molecule has 2 heterocycles. The number of rotatable bonds is 6. The average Bonchev–Trinajstić information content (AvgIpc) is 3.01. The summed E-state index contributed by atoms with van der Waals surface area (Å²) in [7, 11) is 1.92. The SMILES string of the molecule is Cc1c(CNCCCn2ccnn2)cc(C#N)n1C. The first-order chi connectivity index (χ1) is 9.22. The summed E-state index contributed by atoms with van der Waals surface area (Å²) in [6, 6.07) is 4.14. The first kappa shape index (κ1) is 13.3. The summed E-state index contributed by atoms with van der Waals surface area (Å²) in [6.07, 6.45) is 4.55. The van der Waals surface area contributed by atoms with Crippen LogP contribution in [0.5, 0.6) is 0 Å². The molecule has 0 radical (unpaired) electrons. The van der Waals surface area contributed by atoms with Crippen molar-refractivity contribution in [3.05, 3.63) is 35.4 Å². The predicted molar refractivity (Wildman–Crippen MR) is 71.2 cm³/mol. The maximum atomic E-state index is 8.96. The molecule has 0 unspecified atom stereocenters. The quantitative estimate of drug-likeness (QED) is 0.784. The number of aromatic nitrogens is 4. The minimum absolute atomic E-state index is 0.705. The van der Waals surface area contributed by atoms with Crippen molar-refractivity contribution in [3.8, 4) is 6.07 Å². The van der Waals surface area contributed by atoms with Gasteiger partial charge in [-0.25, -0.2) is 0 Å². The molecule has 6 heteroatoms. The molecular formula is C13H18N6. The van der Waals surface area contributed by atoms with Gasteiger partial charge in [-0.3, -0.25) is 4.68 Å². The molecule has 2 rings (SSSR count). The number of aryl methyl sites for hydroxylation is 1. The Morgan fingerprint density at radius 1 is 1.47 bits per heavy atom. The van der Waals surface area contributed by atoms with Crippen molar-refractivity contribution < 1.29 is 0 Å². The van der Waals surface area contributed by atoms with E-state index in [-0.39, 0.29) is 0 Å². The zero-order valence-electron chi connectivity index (χ0n) is 11.3. The zero-order chi connectivity index (χ0) is 13.7. The van der Waals surface area contributed by atoms with E-state index in [0.717, 1.165) is 31.7 Å². The van der Waals surface area contributed by atoms with Crippen LogP contribution in [-0.2, 0) is 20.1 Å². The van der Waals surface area contributed by atoms with E-state index in [1.54, 1.807) is 6.20 Å². The van der Waals surface area contributed by atoms with Crippen LogP contribution in [0.25, 0.3) is 0 Å². The van der Waals surface area contributed by atoms with Crippen molar-refractivity contribution in [3.63, 3.8) is 0 Å². The second-order valence-corrected chi connectivity index (χ2v) is 4.51. The number of nitrogens with zero attached hydrogens (tertiary/aromatic N) is 5. The fourth-order valence-electron chi connectivity index (χ4n) is 1.99. The molecule has 0 fully saturated rings. The molecule has 0 aliphatic rings. The van der Waals surface area contributed by atoms with E-state index in [9.17, 15) is 0 Å². The molecule has 0 bridgehead atoms. The maximum absolute atomic E-state index is 8.96. The van der Waals surface area contributed by atoms with Crippen molar-refractivity contribution in [2.45, 2.75) is 26.4 Å². The van der Waals surface area contributed by atoms with Crippen molar-refractivity contribution in [2.75, 3.05) is 6.54 Å². The highest BCUT2D eigenvalue weighted by Gasteiger charge is 2.07. The molecule has 0 spiro atoms.